The van der Waals surface area contributed by atoms with Gasteiger partial charge in [0, 0.05) is 11.3 Å². The van der Waals surface area contributed by atoms with E-state index < -0.39 is 0 Å². The molecule has 2 heterocycles. The van der Waals surface area contributed by atoms with Crippen molar-refractivity contribution in [1.82, 2.24) is 4.98 Å². The molecular formula is C18H10BrClN2O2S. The van der Waals surface area contributed by atoms with E-state index >= 15 is 0 Å². The number of nitrogens with zero attached hydrogens (tertiary/aromatic N) is 1. The standard InChI is InChI=1S/C18H10BrClN2O2S/c19-16-8-7-14(24-16)17(23)21-10-5-6-11(12(20)9-10)18-22-13-3-1-2-4-15(13)25-18/h1-9H,(H,21,23). The summed E-state index contributed by atoms with van der Waals surface area (Å²) >= 11 is 11.2. The van der Waals surface area contributed by atoms with Crippen molar-refractivity contribution in [2.75, 3.05) is 5.32 Å². The number of furan rings is 1. The average Bonchev–Trinajstić information content (AvgIpc) is 3.21. The molecule has 0 aliphatic carbocycles. The Morgan fingerprint density at radius 3 is 2.72 bits per heavy atom. The zero-order valence-electron chi connectivity index (χ0n) is 12.6. The molecule has 0 aliphatic heterocycles. The highest BCUT2D eigenvalue weighted by molar-refractivity contribution is 9.10. The maximum Gasteiger partial charge on any atom is 0.291 e. The van der Waals surface area contributed by atoms with E-state index in [2.05, 4.69) is 26.2 Å². The average molecular weight is 434 g/mol. The molecular weight excluding hydrogens is 424 g/mol. The molecule has 7 heteroatoms. The van der Waals surface area contributed by atoms with Gasteiger partial charge >= 0.3 is 0 Å². The van der Waals surface area contributed by atoms with Crippen LogP contribution in [-0.4, -0.2) is 10.9 Å². The predicted octanol–water partition coefficient (Wildman–Crippen LogP) is 6.22. The van der Waals surface area contributed by atoms with Gasteiger partial charge in [-0.3, -0.25) is 4.79 Å². The van der Waals surface area contributed by atoms with Crippen molar-refractivity contribution in [2.45, 2.75) is 0 Å². The Balaban J connectivity index is 1.61. The highest BCUT2D eigenvalue weighted by Crippen LogP contribution is 2.35. The molecule has 0 saturated carbocycles. The molecule has 0 bridgehead atoms. The van der Waals surface area contributed by atoms with Crippen LogP contribution in [0.3, 0.4) is 0 Å². The second kappa shape index (κ2) is 6.63. The third kappa shape index (κ3) is 3.33. The molecule has 2 aromatic heterocycles. The van der Waals surface area contributed by atoms with Gasteiger partial charge < -0.3 is 9.73 Å². The summed E-state index contributed by atoms with van der Waals surface area (Å²) in [5, 5.41) is 4.13. The van der Waals surface area contributed by atoms with Gasteiger partial charge in [0.05, 0.1) is 15.2 Å². The summed E-state index contributed by atoms with van der Waals surface area (Å²) in [6.07, 6.45) is 0. The number of anilines is 1. The molecule has 0 atom stereocenters. The normalized spacial score (nSPS) is 11.0. The van der Waals surface area contributed by atoms with Gasteiger partial charge in [0.2, 0.25) is 0 Å². The first-order valence-corrected chi connectivity index (χ1v) is 9.31. The van der Waals surface area contributed by atoms with Gasteiger partial charge in [0.15, 0.2) is 10.4 Å². The van der Waals surface area contributed by atoms with Crippen molar-refractivity contribution in [1.29, 1.82) is 0 Å². The van der Waals surface area contributed by atoms with Gasteiger partial charge in [-0.25, -0.2) is 4.98 Å². The van der Waals surface area contributed by atoms with E-state index in [1.54, 1.807) is 35.6 Å². The van der Waals surface area contributed by atoms with E-state index in [4.69, 9.17) is 16.0 Å². The van der Waals surface area contributed by atoms with Gasteiger partial charge in [-0.1, -0.05) is 23.7 Å². The van der Waals surface area contributed by atoms with Crippen molar-refractivity contribution in [2.24, 2.45) is 0 Å². The summed E-state index contributed by atoms with van der Waals surface area (Å²) in [5.41, 5.74) is 2.37. The molecule has 2 aromatic carbocycles. The number of amides is 1. The molecule has 4 rings (SSSR count). The van der Waals surface area contributed by atoms with Crippen LogP contribution in [0.4, 0.5) is 5.69 Å². The van der Waals surface area contributed by atoms with E-state index in [0.717, 1.165) is 20.8 Å². The van der Waals surface area contributed by atoms with E-state index in [1.807, 2.05) is 30.3 Å². The minimum atomic E-state index is -0.338. The van der Waals surface area contributed by atoms with Gasteiger partial charge in [0.1, 0.15) is 5.01 Å². The number of aromatic nitrogens is 1. The third-order valence-electron chi connectivity index (χ3n) is 3.55. The third-order valence-corrected chi connectivity index (χ3v) is 5.36. The first kappa shape index (κ1) is 16.3. The Kier molecular flexibility index (Phi) is 4.33. The fourth-order valence-electron chi connectivity index (χ4n) is 2.38. The molecule has 0 spiro atoms. The van der Waals surface area contributed by atoms with Crippen LogP contribution in [0.2, 0.25) is 5.02 Å². The van der Waals surface area contributed by atoms with Gasteiger partial charge in [-0.2, -0.15) is 0 Å². The van der Waals surface area contributed by atoms with Crippen LogP contribution in [0.5, 0.6) is 0 Å². The second-order valence-electron chi connectivity index (χ2n) is 5.24. The van der Waals surface area contributed by atoms with E-state index in [0.29, 0.717) is 15.4 Å². The number of para-hydroxylation sites is 1. The van der Waals surface area contributed by atoms with Crippen molar-refractivity contribution < 1.29 is 9.21 Å². The highest BCUT2D eigenvalue weighted by atomic mass is 79.9. The van der Waals surface area contributed by atoms with Crippen LogP contribution in [0.25, 0.3) is 20.8 Å². The Morgan fingerprint density at radius 2 is 2.00 bits per heavy atom. The first-order valence-electron chi connectivity index (χ1n) is 7.32. The molecule has 0 radical (unpaired) electrons. The number of halogens is 2. The second-order valence-corrected chi connectivity index (χ2v) is 7.46. The number of thiazole rings is 1. The van der Waals surface area contributed by atoms with Crippen LogP contribution in [0.15, 0.2) is 63.7 Å². The smallest absolute Gasteiger partial charge is 0.291 e. The van der Waals surface area contributed by atoms with Crippen molar-refractivity contribution in [3.05, 3.63) is 70.0 Å². The van der Waals surface area contributed by atoms with Crippen LogP contribution in [0.1, 0.15) is 10.6 Å². The maximum atomic E-state index is 12.1. The van der Waals surface area contributed by atoms with Crippen LogP contribution in [0, 0.1) is 0 Å². The number of rotatable bonds is 3. The number of fused-ring (bicyclic) bond motifs is 1. The number of carbonyl (C=O) groups excluding carboxylic acids is 1. The molecule has 25 heavy (non-hydrogen) atoms. The fourth-order valence-corrected chi connectivity index (χ4v) is 4.02. The molecule has 0 aliphatic rings. The molecule has 1 amide bonds. The monoisotopic (exact) mass is 432 g/mol. The van der Waals surface area contributed by atoms with Crippen molar-refractivity contribution in [3.8, 4) is 10.6 Å². The lowest BCUT2D eigenvalue weighted by molar-refractivity contribution is 0.0995. The fraction of sp³-hybridized carbons (Fsp3) is 0. The SMILES string of the molecule is O=C(Nc1ccc(-c2nc3ccccc3s2)c(Cl)c1)c1ccc(Br)o1. The summed E-state index contributed by atoms with van der Waals surface area (Å²) in [5.74, 6) is -0.118. The Bertz CT molecular complexity index is 1060. The lowest BCUT2D eigenvalue weighted by Crippen LogP contribution is -2.10. The maximum absolute atomic E-state index is 12.1. The molecule has 124 valence electrons. The summed E-state index contributed by atoms with van der Waals surface area (Å²) < 4.78 is 6.85. The number of hydrogen-bond donors (Lipinski definition) is 1. The molecule has 0 unspecified atom stereocenters. The van der Waals surface area contributed by atoms with Gasteiger partial charge in [-0.15, -0.1) is 11.3 Å². The number of benzene rings is 2. The zero-order chi connectivity index (χ0) is 17.4. The quantitative estimate of drug-likeness (QED) is 0.417. The van der Waals surface area contributed by atoms with Gasteiger partial charge in [0.25, 0.3) is 5.91 Å². The van der Waals surface area contributed by atoms with E-state index in [-0.39, 0.29) is 11.7 Å². The summed E-state index contributed by atoms with van der Waals surface area (Å²) in [6.45, 7) is 0. The predicted molar refractivity (Wildman–Crippen MR) is 104 cm³/mol. The summed E-state index contributed by atoms with van der Waals surface area (Å²) in [4.78, 5) is 16.7. The number of nitrogens with one attached hydrogen (secondary N) is 1. The van der Waals surface area contributed by atoms with Crippen LogP contribution in [-0.2, 0) is 0 Å². The van der Waals surface area contributed by atoms with E-state index in [1.165, 1.54) is 0 Å². The Morgan fingerprint density at radius 1 is 1.16 bits per heavy atom. The summed E-state index contributed by atoms with van der Waals surface area (Å²) in [7, 11) is 0. The highest BCUT2D eigenvalue weighted by Gasteiger charge is 2.13. The molecule has 0 fully saturated rings. The Hall–Kier alpha value is -2.15. The molecule has 4 aromatic rings. The summed E-state index contributed by atoms with van der Waals surface area (Å²) in [6, 6.07) is 16.6. The Labute approximate surface area is 160 Å². The minimum Gasteiger partial charge on any atom is -0.444 e. The number of carbonyl (C=O) groups is 1. The molecule has 1 N–H and O–H groups in total. The van der Waals surface area contributed by atoms with Crippen LogP contribution < -0.4 is 5.32 Å². The van der Waals surface area contributed by atoms with Crippen LogP contribution >= 0.6 is 38.9 Å². The lowest BCUT2D eigenvalue weighted by Gasteiger charge is -2.06. The largest absolute Gasteiger partial charge is 0.444 e. The van der Waals surface area contributed by atoms with Gasteiger partial charge in [-0.05, 0) is 58.4 Å². The zero-order valence-corrected chi connectivity index (χ0v) is 15.8. The van der Waals surface area contributed by atoms with Crippen molar-refractivity contribution in [3.63, 3.8) is 0 Å². The first-order chi connectivity index (χ1) is 12.1. The molecule has 0 saturated heterocycles. The molecule has 4 nitrogen and oxygen atoms in total. The van der Waals surface area contributed by atoms with E-state index in [9.17, 15) is 4.79 Å². The number of hydrogen-bond acceptors (Lipinski definition) is 4. The minimum absolute atomic E-state index is 0.221. The lowest BCUT2D eigenvalue weighted by atomic mass is 10.2. The van der Waals surface area contributed by atoms with Crippen molar-refractivity contribution >= 4 is 60.7 Å². The topological polar surface area (TPSA) is 55.1 Å².